The molecule has 0 spiro atoms. The molecule has 2 aromatic rings. The van der Waals surface area contributed by atoms with Crippen LogP contribution < -0.4 is 10.2 Å². The van der Waals surface area contributed by atoms with Gasteiger partial charge in [0.15, 0.2) is 6.23 Å². The summed E-state index contributed by atoms with van der Waals surface area (Å²) in [6.45, 7) is 0.470. The van der Waals surface area contributed by atoms with E-state index in [9.17, 15) is 18.0 Å². The number of anilines is 1. The Morgan fingerprint density at radius 1 is 1.12 bits per heavy atom. The summed E-state index contributed by atoms with van der Waals surface area (Å²) < 4.78 is 44.3. The number of hydrogen-bond acceptors (Lipinski definition) is 2. The molecule has 2 amide bonds. The van der Waals surface area contributed by atoms with Crippen molar-refractivity contribution in [3.8, 4) is 0 Å². The minimum Gasteiger partial charge on any atom is -0.351 e. The third-order valence-corrected chi connectivity index (χ3v) is 3.67. The molecule has 1 aliphatic rings. The Hall–Kier alpha value is -2.54. The predicted molar refractivity (Wildman–Crippen MR) is 82.3 cm³/mol. The van der Waals surface area contributed by atoms with Gasteiger partial charge in [0.1, 0.15) is 0 Å². The van der Waals surface area contributed by atoms with Gasteiger partial charge in [-0.1, -0.05) is 36.4 Å². The molecule has 0 radical (unpaired) electrons. The maximum atomic E-state index is 12.9. The van der Waals surface area contributed by atoms with Gasteiger partial charge >= 0.3 is 12.2 Å². The lowest BCUT2D eigenvalue weighted by Gasteiger charge is -2.24. The molecular weight excluding hydrogens is 321 g/mol. The Morgan fingerprint density at radius 3 is 2.58 bits per heavy atom. The van der Waals surface area contributed by atoms with Crippen molar-refractivity contribution in [3.05, 3.63) is 65.7 Å². The highest BCUT2D eigenvalue weighted by atomic mass is 19.4. The fraction of sp³-hybridized carbons (Fsp3) is 0.235. The summed E-state index contributed by atoms with van der Waals surface area (Å²) >= 11 is 0. The first-order chi connectivity index (χ1) is 11.4. The number of nitrogens with zero attached hydrogens (tertiary/aromatic N) is 1. The fourth-order valence-electron chi connectivity index (χ4n) is 2.50. The number of carbonyl (C=O) groups excluding carboxylic acids is 1. The van der Waals surface area contributed by atoms with E-state index >= 15 is 0 Å². The van der Waals surface area contributed by atoms with Crippen molar-refractivity contribution < 1.29 is 22.7 Å². The summed E-state index contributed by atoms with van der Waals surface area (Å²) in [7, 11) is 0. The first kappa shape index (κ1) is 16.3. The van der Waals surface area contributed by atoms with E-state index in [1.54, 1.807) is 0 Å². The molecular formula is C17H15F3N2O2. The third kappa shape index (κ3) is 3.51. The highest BCUT2D eigenvalue weighted by molar-refractivity contribution is 5.94. The van der Waals surface area contributed by atoms with Crippen molar-refractivity contribution in [2.45, 2.75) is 19.0 Å². The molecule has 126 valence electrons. The number of rotatable bonds is 4. The number of carbonyl (C=O) groups is 1. The quantitative estimate of drug-likeness (QED) is 0.923. The van der Waals surface area contributed by atoms with Gasteiger partial charge in [-0.2, -0.15) is 13.2 Å². The fourth-order valence-corrected chi connectivity index (χ4v) is 2.50. The summed E-state index contributed by atoms with van der Waals surface area (Å²) in [5.41, 5.74) is 0.264. The summed E-state index contributed by atoms with van der Waals surface area (Å²) in [5.74, 6) is 0. The Balaban J connectivity index is 1.78. The largest absolute Gasteiger partial charge is 0.416 e. The zero-order chi connectivity index (χ0) is 17.2. The van der Waals surface area contributed by atoms with Crippen LogP contribution in [0.3, 0.4) is 0 Å². The molecule has 0 aliphatic carbocycles. The van der Waals surface area contributed by atoms with E-state index in [1.165, 1.54) is 17.0 Å². The van der Waals surface area contributed by atoms with E-state index in [4.69, 9.17) is 4.74 Å². The normalized spacial score (nSPS) is 17.9. The van der Waals surface area contributed by atoms with Gasteiger partial charge in [-0.15, -0.1) is 0 Å². The number of hydrogen-bond donors (Lipinski definition) is 1. The van der Waals surface area contributed by atoms with E-state index < -0.39 is 24.0 Å². The van der Waals surface area contributed by atoms with Gasteiger partial charge in [0.2, 0.25) is 0 Å². The number of amides is 2. The molecule has 7 heteroatoms. The van der Waals surface area contributed by atoms with Gasteiger partial charge in [0.25, 0.3) is 0 Å². The lowest BCUT2D eigenvalue weighted by molar-refractivity contribution is -0.137. The second kappa shape index (κ2) is 6.52. The van der Waals surface area contributed by atoms with Crippen LogP contribution in [0, 0.1) is 0 Å². The van der Waals surface area contributed by atoms with Crippen LogP contribution in [-0.4, -0.2) is 18.8 Å². The Bertz CT molecular complexity index is 719. The van der Waals surface area contributed by atoms with E-state index in [0.29, 0.717) is 0 Å². The summed E-state index contributed by atoms with van der Waals surface area (Å²) in [6.07, 6.45) is -5.13. The molecule has 0 bridgehead atoms. The van der Waals surface area contributed by atoms with Crippen LogP contribution in [-0.2, 0) is 17.5 Å². The molecule has 3 rings (SSSR count). The molecule has 4 nitrogen and oxygen atoms in total. The van der Waals surface area contributed by atoms with Crippen LogP contribution in [0.15, 0.2) is 54.6 Å². The predicted octanol–water partition coefficient (Wildman–Crippen LogP) is 3.78. The van der Waals surface area contributed by atoms with Crippen molar-refractivity contribution >= 4 is 11.7 Å². The zero-order valence-corrected chi connectivity index (χ0v) is 12.6. The van der Waals surface area contributed by atoms with Crippen LogP contribution >= 0.6 is 0 Å². The van der Waals surface area contributed by atoms with E-state index in [2.05, 4.69) is 5.32 Å². The van der Waals surface area contributed by atoms with E-state index in [0.717, 1.165) is 17.7 Å². The number of nitrogens with one attached hydrogen (secondary N) is 1. The first-order valence-electron chi connectivity index (χ1n) is 7.35. The van der Waals surface area contributed by atoms with E-state index in [1.807, 2.05) is 30.3 Å². The molecule has 1 fully saturated rings. The van der Waals surface area contributed by atoms with Gasteiger partial charge in [-0.05, 0) is 23.8 Å². The minimum atomic E-state index is -4.47. The monoisotopic (exact) mass is 336 g/mol. The number of alkyl halides is 3. The molecule has 1 saturated heterocycles. The number of urea groups is 1. The standard InChI is InChI=1S/C17H15F3N2O2/c18-17(19,20)13-7-4-8-14(9-13)22-15(10-21-16(22)23)24-11-12-5-2-1-3-6-12/h1-9,15H,10-11H2,(H,21,23). The lowest BCUT2D eigenvalue weighted by atomic mass is 10.2. The van der Waals surface area contributed by atoms with Crippen molar-refractivity contribution in [1.82, 2.24) is 5.32 Å². The second-order valence-corrected chi connectivity index (χ2v) is 5.36. The average molecular weight is 336 g/mol. The molecule has 0 saturated carbocycles. The van der Waals surface area contributed by atoms with Gasteiger partial charge in [-0.3, -0.25) is 4.90 Å². The molecule has 1 heterocycles. The smallest absolute Gasteiger partial charge is 0.351 e. The molecule has 1 N–H and O–H groups in total. The number of benzene rings is 2. The van der Waals surface area contributed by atoms with Gasteiger partial charge < -0.3 is 10.1 Å². The molecule has 1 aliphatic heterocycles. The molecule has 1 unspecified atom stereocenters. The second-order valence-electron chi connectivity index (χ2n) is 5.36. The Kier molecular flexibility index (Phi) is 4.44. The van der Waals surface area contributed by atoms with Gasteiger partial charge in [0, 0.05) is 5.69 Å². The molecule has 24 heavy (non-hydrogen) atoms. The highest BCUT2D eigenvalue weighted by Gasteiger charge is 2.35. The van der Waals surface area contributed by atoms with Crippen LogP contribution in [0.4, 0.5) is 23.7 Å². The van der Waals surface area contributed by atoms with Crippen molar-refractivity contribution in [2.24, 2.45) is 0 Å². The SMILES string of the molecule is O=C1NCC(OCc2ccccc2)N1c1cccc(C(F)(F)F)c1. The summed E-state index contributed by atoms with van der Waals surface area (Å²) in [4.78, 5) is 13.2. The van der Waals surface area contributed by atoms with Crippen LogP contribution in [0.5, 0.6) is 0 Å². The average Bonchev–Trinajstić information content (AvgIpc) is 2.94. The minimum absolute atomic E-state index is 0.151. The zero-order valence-electron chi connectivity index (χ0n) is 12.6. The maximum Gasteiger partial charge on any atom is 0.416 e. The van der Waals surface area contributed by atoms with Crippen LogP contribution in [0.1, 0.15) is 11.1 Å². The van der Waals surface area contributed by atoms with Crippen LogP contribution in [0.2, 0.25) is 0 Å². The van der Waals surface area contributed by atoms with Crippen molar-refractivity contribution in [1.29, 1.82) is 0 Å². The van der Waals surface area contributed by atoms with Gasteiger partial charge in [-0.25, -0.2) is 4.79 Å². The Labute approximate surface area is 136 Å². The van der Waals surface area contributed by atoms with Gasteiger partial charge in [0.05, 0.1) is 18.7 Å². The number of ether oxygens (including phenoxy) is 1. The first-order valence-corrected chi connectivity index (χ1v) is 7.35. The summed E-state index contributed by atoms with van der Waals surface area (Å²) in [5, 5.41) is 2.59. The topological polar surface area (TPSA) is 41.6 Å². The molecule has 0 aromatic heterocycles. The highest BCUT2D eigenvalue weighted by Crippen LogP contribution is 2.32. The summed E-state index contributed by atoms with van der Waals surface area (Å²) in [6, 6.07) is 13.5. The lowest BCUT2D eigenvalue weighted by Crippen LogP contribution is -2.36. The van der Waals surface area contributed by atoms with Crippen molar-refractivity contribution in [2.75, 3.05) is 11.4 Å². The van der Waals surface area contributed by atoms with E-state index in [-0.39, 0.29) is 18.8 Å². The number of halogens is 3. The Morgan fingerprint density at radius 2 is 1.88 bits per heavy atom. The molecule has 2 aromatic carbocycles. The van der Waals surface area contributed by atoms with Crippen LogP contribution in [0.25, 0.3) is 0 Å². The molecule has 1 atom stereocenters. The van der Waals surface area contributed by atoms with Crippen molar-refractivity contribution in [3.63, 3.8) is 0 Å². The maximum absolute atomic E-state index is 12.9. The third-order valence-electron chi connectivity index (χ3n) is 3.67.